The van der Waals surface area contributed by atoms with Crippen LogP contribution in [-0.2, 0) is 9.59 Å². The Bertz CT molecular complexity index is 1360. The SMILES string of the molecule is CN(C)C/C=C/C(=O)N1CCCC(C(=O)NC2CCC(Nc3ncc(Cl)c(-c4c[nH]c5ccccc45)n3)CC2)C1. The number of halogens is 1. The number of aromatic amines is 1. The van der Waals surface area contributed by atoms with Crippen molar-refractivity contribution in [2.75, 3.05) is 39.0 Å². The van der Waals surface area contributed by atoms with Crippen molar-refractivity contribution in [2.24, 2.45) is 5.92 Å². The van der Waals surface area contributed by atoms with Crippen LogP contribution >= 0.6 is 11.6 Å². The summed E-state index contributed by atoms with van der Waals surface area (Å²) in [5, 5.41) is 8.32. The van der Waals surface area contributed by atoms with E-state index in [1.807, 2.05) is 49.5 Å². The number of rotatable bonds is 8. The Morgan fingerprint density at radius 1 is 1.15 bits per heavy atom. The average molecular weight is 564 g/mol. The Morgan fingerprint density at radius 3 is 2.73 bits per heavy atom. The van der Waals surface area contributed by atoms with E-state index in [1.54, 1.807) is 17.2 Å². The highest BCUT2D eigenvalue weighted by molar-refractivity contribution is 6.33. The third-order valence-electron chi connectivity index (χ3n) is 7.83. The van der Waals surface area contributed by atoms with Gasteiger partial charge in [-0.15, -0.1) is 0 Å². The van der Waals surface area contributed by atoms with Crippen molar-refractivity contribution < 1.29 is 9.59 Å². The normalized spacial score (nSPS) is 21.7. The summed E-state index contributed by atoms with van der Waals surface area (Å²) in [6, 6.07) is 8.44. The Kier molecular flexibility index (Phi) is 9.01. The maximum Gasteiger partial charge on any atom is 0.246 e. The molecule has 1 saturated heterocycles. The van der Waals surface area contributed by atoms with Crippen LogP contribution in [0.2, 0.25) is 5.02 Å². The summed E-state index contributed by atoms with van der Waals surface area (Å²) >= 11 is 6.49. The Morgan fingerprint density at radius 2 is 1.93 bits per heavy atom. The summed E-state index contributed by atoms with van der Waals surface area (Å²) in [6.45, 7) is 1.91. The number of H-pyrrole nitrogens is 1. The topological polar surface area (TPSA) is 106 Å². The van der Waals surface area contributed by atoms with Gasteiger partial charge in [0.05, 0.1) is 22.8 Å². The van der Waals surface area contributed by atoms with Crippen LogP contribution < -0.4 is 10.6 Å². The van der Waals surface area contributed by atoms with Crippen molar-refractivity contribution >= 4 is 40.3 Å². The van der Waals surface area contributed by atoms with Crippen molar-refractivity contribution in [2.45, 2.75) is 50.6 Å². The molecule has 212 valence electrons. The van der Waals surface area contributed by atoms with Gasteiger partial charge in [0.2, 0.25) is 17.8 Å². The predicted octanol–water partition coefficient (Wildman–Crippen LogP) is 4.47. The van der Waals surface area contributed by atoms with Gasteiger partial charge >= 0.3 is 0 Å². The third-order valence-corrected chi connectivity index (χ3v) is 8.11. The fourth-order valence-corrected chi connectivity index (χ4v) is 5.83. The van der Waals surface area contributed by atoms with E-state index in [1.165, 1.54) is 0 Å². The molecule has 0 spiro atoms. The minimum atomic E-state index is -0.152. The number of nitrogens with one attached hydrogen (secondary N) is 3. The molecule has 2 amide bonds. The molecule has 0 radical (unpaired) electrons. The number of piperidine rings is 1. The van der Waals surface area contributed by atoms with Crippen LogP contribution in [0.25, 0.3) is 22.2 Å². The summed E-state index contributed by atoms with van der Waals surface area (Å²) in [4.78, 5) is 41.9. The van der Waals surface area contributed by atoms with Gasteiger partial charge in [-0.1, -0.05) is 35.9 Å². The number of carbonyl (C=O) groups excluding carboxylic acids is 2. The van der Waals surface area contributed by atoms with Crippen LogP contribution in [0.4, 0.5) is 5.95 Å². The molecule has 3 aromatic rings. The summed E-state index contributed by atoms with van der Waals surface area (Å²) in [7, 11) is 3.93. The number of anilines is 1. The van der Waals surface area contributed by atoms with Gasteiger partial charge in [0.1, 0.15) is 0 Å². The van der Waals surface area contributed by atoms with Gasteiger partial charge in [0, 0.05) is 60.5 Å². The summed E-state index contributed by atoms with van der Waals surface area (Å²) in [5.41, 5.74) is 2.68. The smallest absolute Gasteiger partial charge is 0.246 e. The zero-order valence-electron chi connectivity index (χ0n) is 23.2. The number of carbonyl (C=O) groups is 2. The first-order valence-electron chi connectivity index (χ1n) is 14.1. The number of amides is 2. The second-order valence-corrected chi connectivity index (χ2v) is 11.5. The lowest BCUT2D eigenvalue weighted by atomic mass is 9.90. The molecular formula is C30H38ClN7O2. The van der Waals surface area contributed by atoms with Crippen molar-refractivity contribution in [3.05, 3.63) is 53.8 Å². The predicted molar refractivity (Wildman–Crippen MR) is 159 cm³/mol. The minimum Gasteiger partial charge on any atom is -0.360 e. The third kappa shape index (κ3) is 6.82. The van der Waals surface area contributed by atoms with E-state index in [4.69, 9.17) is 16.6 Å². The lowest BCUT2D eigenvalue weighted by Crippen LogP contribution is -2.48. The van der Waals surface area contributed by atoms with Gasteiger partial charge < -0.3 is 25.4 Å². The molecule has 2 aliphatic rings. The highest BCUT2D eigenvalue weighted by Crippen LogP contribution is 2.33. The van der Waals surface area contributed by atoms with Gasteiger partial charge in [0.25, 0.3) is 0 Å². The molecule has 1 aliphatic heterocycles. The maximum atomic E-state index is 13.1. The van der Waals surface area contributed by atoms with E-state index in [0.29, 0.717) is 29.8 Å². The summed E-state index contributed by atoms with van der Waals surface area (Å²) < 4.78 is 0. The summed E-state index contributed by atoms with van der Waals surface area (Å²) in [6.07, 6.45) is 12.3. The first-order chi connectivity index (χ1) is 19.4. The molecular weight excluding hydrogens is 526 g/mol. The first-order valence-corrected chi connectivity index (χ1v) is 14.5. The second kappa shape index (κ2) is 12.8. The van der Waals surface area contributed by atoms with Crippen molar-refractivity contribution in [3.63, 3.8) is 0 Å². The molecule has 0 bridgehead atoms. The molecule has 1 unspecified atom stereocenters. The number of benzene rings is 1. The maximum absolute atomic E-state index is 13.1. The number of hydrogen-bond acceptors (Lipinski definition) is 6. The van der Waals surface area contributed by atoms with Gasteiger partial charge in [-0.05, 0) is 58.7 Å². The number of likely N-dealkylation sites (N-methyl/N-ethyl adjacent to an activating group) is 1. The van der Waals surface area contributed by atoms with E-state index in [2.05, 4.69) is 26.7 Å². The second-order valence-electron chi connectivity index (χ2n) is 11.1. The van der Waals surface area contributed by atoms with Crippen molar-refractivity contribution in [3.8, 4) is 11.3 Å². The monoisotopic (exact) mass is 563 g/mol. The van der Waals surface area contributed by atoms with Crippen molar-refractivity contribution in [1.29, 1.82) is 0 Å². The number of para-hydroxylation sites is 1. The molecule has 3 heterocycles. The van der Waals surface area contributed by atoms with Crippen LogP contribution in [-0.4, -0.2) is 82.4 Å². The zero-order valence-corrected chi connectivity index (χ0v) is 24.0. The quantitative estimate of drug-likeness (QED) is 0.349. The van der Waals surface area contributed by atoms with Gasteiger partial charge in [0.15, 0.2) is 0 Å². The number of aromatic nitrogens is 3. The largest absolute Gasteiger partial charge is 0.360 e. The van der Waals surface area contributed by atoms with Crippen LogP contribution in [0.15, 0.2) is 48.8 Å². The van der Waals surface area contributed by atoms with E-state index < -0.39 is 0 Å². The van der Waals surface area contributed by atoms with Crippen LogP contribution in [0.3, 0.4) is 0 Å². The Hall–Kier alpha value is -3.43. The van der Waals surface area contributed by atoms with Gasteiger partial charge in [-0.3, -0.25) is 9.59 Å². The summed E-state index contributed by atoms with van der Waals surface area (Å²) in [5.74, 6) is 0.462. The van der Waals surface area contributed by atoms with Gasteiger partial charge in [-0.25, -0.2) is 9.97 Å². The van der Waals surface area contributed by atoms with E-state index in [0.717, 1.165) is 61.5 Å². The number of likely N-dealkylation sites (tertiary alicyclic amines) is 1. The highest BCUT2D eigenvalue weighted by atomic mass is 35.5. The van der Waals surface area contributed by atoms with Crippen molar-refractivity contribution in [1.82, 2.24) is 30.1 Å². The number of nitrogens with zero attached hydrogens (tertiary/aromatic N) is 4. The molecule has 1 saturated carbocycles. The molecule has 3 N–H and O–H groups in total. The Balaban J connectivity index is 1.12. The number of hydrogen-bond donors (Lipinski definition) is 3. The lowest BCUT2D eigenvalue weighted by molar-refractivity contribution is -0.132. The molecule has 40 heavy (non-hydrogen) atoms. The van der Waals surface area contributed by atoms with Gasteiger partial charge in [-0.2, -0.15) is 0 Å². The van der Waals surface area contributed by atoms with Crippen LogP contribution in [0, 0.1) is 5.92 Å². The lowest BCUT2D eigenvalue weighted by Gasteiger charge is -2.34. The zero-order chi connectivity index (χ0) is 28.1. The molecule has 1 atom stereocenters. The fraction of sp³-hybridized carbons (Fsp3) is 0.467. The fourth-order valence-electron chi connectivity index (χ4n) is 5.64. The van der Waals surface area contributed by atoms with E-state index in [-0.39, 0.29) is 29.8 Å². The van der Waals surface area contributed by atoms with E-state index in [9.17, 15) is 9.59 Å². The molecule has 5 rings (SSSR count). The van der Waals surface area contributed by atoms with Crippen LogP contribution in [0.5, 0.6) is 0 Å². The molecule has 1 aliphatic carbocycles. The first kappa shape index (κ1) is 28.1. The minimum absolute atomic E-state index is 0.0109. The molecule has 2 fully saturated rings. The average Bonchev–Trinajstić information content (AvgIpc) is 3.39. The standard InChI is InChI=1S/C30H38ClN7O2/c1-37(2)15-6-10-27(39)38-16-5-7-20(19-38)29(40)34-21-11-13-22(14-12-21)35-30-33-18-25(31)28(36-30)24-17-32-26-9-4-3-8-23(24)26/h3-4,6,8-10,17-18,20-22,32H,5,7,11-16,19H2,1-2H3,(H,34,40)(H,33,35,36)/b10-6+. The molecule has 10 heteroatoms. The van der Waals surface area contributed by atoms with Crippen LogP contribution in [0.1, 0.15) is 38.5 Å². The molecule has 9 nitrogen and oxygen atoms in total. The Labute approximate surface area is 240 Å². The van der Waals surface area contributed by atoms with E-state index >= 15 is 0 Å². The molecule has 1 aromatic carbocycles. The molecule has 2 aromatic heterocycles. The highest BCUT2D eigenvalue weighted by Gasteiger charge is 2.30. The number of fused-ring (bicyclic) bond motifs is 1.